The monoisotopic (exact) mass is 268 g/mol. The minimum atomic E-state index is -0.998. The molecule has 5 nitrogen and oxygen atoms in total. The van der Waals surface area contributed by atoms with Crippen LogP contribution < -0.4 is 5.73 Å². The Hall–Kier alpha value is -1.10. The SMILES string of the molecule is CCC1(C(=O)O)CCCN1C(=O)C1(CN)CCCC1. The molecule has 108 valence electrons. The fraction of sp³-hybridized carbons (Fsp3) is 0.857. The van der Waals surface area contributed by atoms with E-state index >= 15 is 0 Å². The smallest absolute Gasteiger partial charge is 0.329 e. The minimum absolute atomic E-state index is 0.0192. The largest absolute Gasteiger partial charge is 0.479 e. The normalized spacial score (nSPS) is 29.7. The summed E-state index contributed by atoms with van der Waals surface area (Å²) in [6.07, 6.45) is 5.44. The van der Waals surface area contributed by atoms with Gasteiger partial charge >= 0.3 is 5.97 Å². The van der Waals surface area contributed by atoms with Crippen LogP contribution in [0.3, 0.4) is 0 Å². The van der Waals surface area contributed by atoms with Crippen molar-refractivity contribution in [2.45, 2.75) is 57.4 Å². The van der Waals surface area contributed by atoms with E-state index in [9.17, 15) is 14.7 Å². The molecular weight excluding hydrogens is 244 g/mol. The number of carbonyl (C=O) groups excluding carboxylic acids is 1. The molecule has 5 heteroatoms. The molecule has 1 atom stereocenters. The van der Waals surface area contributed by atoms with E-state index in [0.717, 1.165) is 32.1 Å². The van der Waals surface area contributed by atoms with Crippen molar-refractivity contribution in [2.75, 3.05) is 13.1 Å². The van der Waals surface area contributed by atoms with Crippen LogP contribution >= 0.6 is 0 Å². The number of nitrogens with zero attached hydrogens (tertiary/aromatic N) is 1. The lowest BCUT2D eigenvalue weighted by atomic mass is 9.82. The summed E-state index contributed by atoms with van der Waals surface area (Å²) in [4.78, 5) is 26.1. The summed E-state index contributed by atoms with van der Waals surface area (Å²) in [6, 6.07) is 0. The van der Waals surface area contributed by atoms with Gasteiger partial charge < -0.3 is 15.7 Å². The van der Waals surface area contributed by atoms with Crippen LogP contribution in [0.15, 0.2) is 0 Å². The maximum atomic E-state index is 12.9. The number of carbonyl (C=O) groups is 2. The van der Waals surface area contributed by atoms with Crippen molar-refractivity contribution in [2.24, 2.45) is 11.1 Å². The van der Waals surface area contributed by atoms with E-state index in [2.05, 4.69) is 0 Å². The van der Waals surface area contributed by atoms with Gasteiger partial charge in [0.25, 0.3) is 0 Å². The molecule has 1 amide bonds. The first-order chi connectivity index (χ1) is 9.02. The zero-order valence-corrected chi connectivity index (χ0v) is 11.7. The third-order valence-electron chi connectivity index (χ3n) is 5.12. The first-order valence-corrected chi connectivity index (χ1v) is 7.28. The molecule has 1 unspecified atom stereocenters. The van der Waals surface area contributed by atoms with Gasteiger partial charge in [-0.2, -0.15) is 0 Å². The number of likely N-dealkylation sites (tertiary alicyclic amines) is 1. The highest BCUT2D eigenvalue weighted by atomic mass is 16.4. The average Bonchev–Trinajstić information content (AvgIpc) is 3.05. The minimum Gasteiger partial charge on any atom is -0.479 e. The molecule has 0 spiro atoms. The summed E-state index contributed by atoms with van der Waals surface area (Å²) < 4.78 is 0. The van der Waals surface area contributed by atoms with Gasteiger partial charge in [0, 0.05) is 13.1 Å². The topological polar surface area (TPSA) is 83.6 Å². The van der Waals surface area contributed by atoms with E-state index in [-0.39, 0.29) is 5.91 Å². The fourth-order valence-corrected chi connectivity index (χ4v) is 3.76. The van der Waals surface area contributed by atoms with Gasteiger partial charge in [0.05, 0.1) is 5.41 Å². The molecule has 1 heterocycles. The number of carboxylic acids is 1. The van der Waals surface area contributed by atoms with Gasteiger partial charge in [-0.1, -0.05) is 19.8 Å². The Kier molecular flexibility index (Phi) is 3.85. The van der Waals surface area contributed by atoms with Gasteiger partial charge in [-0.15, -0.1) is 0 Å². The maximum absolute atomic E-state index is 12.9. The van der Waals surface area contributed by atoms with Crippen molar-refractivity contribution in [1.82, 2.24) is 4.90 Å². The molecule has 0 aromatic heterocycles. The van der Waals surface area contributed by atoms with Gasteiger partial charge in [-0.25, -0.2) is 4.79 Å². The molecule has 0 radical (unpaired) electrons. The van der Waals surface area contributed by atoms with Crippen LogP contribution in [0.5, 0.6) is 0 Å². The van der Waals surface area contributed by atoms with Crippen LogP contribution in [0.25, 0.3) is 0 Å². The molecule has 0 aromatic carbocycles. The third-order valence-corrected chi connectivity index (χ3v) is 5.12. The van der Waals surface area contributed by atoms with E-state index < -0.39 is 16.9 Å². The molecule has 0 bridgehead atoms. The molecular formula is C14H24N2O3. The van der Waals surface area contributed by atoms with Gasteiger partial charge in [0.15, 0.2) is 0 Å². The Morgan fingerprint density at radius 1 is 1.21 bits per heavy atom. The van der Waals surface area contributed by atoms with Crippen molar-refractivity contribution in [3.8, 4) is 0 Å². The summed E-state index contributed by atoms with van der Waals surface area (Å²) in [5.74, 6) is -0.889. The van der Waals surface area contributed by atoms with Crippen molar-refractivity contribution in [3.05, 3.63) is 0 Å². The van der Waals surface area contributed by atoms with Gasteiger partial charge in [-0.3, -0.25) is 4.79 Å². The molecule has 1 aliphatic carbocycles. The lowest BCUT2D eigenvalue weighted by molar-refractivity contribution is -0.161. The van der Waals surface area contributed by atoms with Crippen molar-refractivity contribution in [3.63, 3.8) is 0 Å². The highest BCUT2D eigenvalue weighted by molar-refractivity contribution is 5.91. The summed E-state index contributed by atoms with van der Waals surface area (Å²) in [5.41, 5.74) is 4.35. The molecule has 2 rings (SSSR count). The predicted molar refractivity (Wildman–Crippen MR) is 71.6 cm³/mol. The lowest BCUT2D eigenvalue weighted by Gasteiger charge is -2.39. The van der Waals surface area contributed by atoms with Crippen LogP contribution in [-0.4, -0.2) is 40.5 Å². The number of amides is 1. The van der Waals surface area contributed by atoms with Gasteiger partial charge in [0.2, 0.25) is 5.91 Å². The summed E-state index contributed by atoms with van der Waals surface area (Å²) in [7, 11) is 0. The molecule has 19 heavy (non-hydrogen) atoms. The van der Waals surface area contributed by atoms with Gasteiger partial charge in [0.1, 0.15) is 5.54 Å². The first-order valence-electron chi connectivity index (χ1n) is 7.28. The van der Waals surface area contributed by atoms with E-state index in [1.165, 1.54) is 0 Å². The standard InChI is InChI=1S/C14H24N2O3/c1-2-14(12(18)19)8-5-9-16(14)11(17)13(10-15)6-3-4-7-13/h2-10,15H2,1H3,(H,18,19). The van der Waals surface area contributed by atoms with Crippen LogP contribution in [0.2, 0.25) is 0 Å². The Morgan fingerprint density at radius 2 is 1.84 bits per heavy atom. The van der Waals surface area contributed by atoms with E-state index in [1.54, 1.807) is 4.90 Å². The molecule has 2 fully saturated rings. The second-order valence-electron chi connectivity index (χ2n) is 5.94. The number of carboxylic acid groups (broad SMARTS) is 1. The highest BCUT2D eigenvalue weighted by Crippen LogP contribution is 2.43. The lowest BCUT2D eigenvalue weighted by Crippen LogP contribution is -2.57. The predicted octanol–water partition coefficient (Wildman–Crippen LogP) is 1.36. The third kappa shape index (κ3) is 2.04. The number of hydrogen-bond acceptors (Lipinski definition) is 3. The summed E-state index contributed by atoms with van der Waals surface area (Å²) >= 11 is 0. The molecule has 3 N–H and O–H groups in total. The van der Waals surface area contributed by atoms with Crippen molar-refractivity contribution < 1.29 is 14.7 Å². The number of hydrogen-bond donors (Lipinski definition) is 2. The molecule has 1 saturated carbocycles. The van der Waals surface area contributed by atoms with Gasteiger partial charge in [-0.05, 0) is 32.1 Å². The van der Waals surface area contributed by atoms with E-state index in [0.29, 0.717) is 25.9 Å². The Labute approximate surface area is 114 Å². The zero-order chi connectivity index (χ0) is 14.1. The zero-order valence-electron chi connectivity index (χ0n) is 11.7. The Morgan fingerprint density at radius 3 is 2.32 bits per heavy atom. The molecule has 0 aromatic rings. The summed E-state index contributed by atoms with van der Waals surface area (Å²) in [5, 5.41) is 9.56. The summed E-state index contributed by atoms with van der Waals surface area (Å²) in [6.45, 7) is 2.74. The highest BCUT2D eigenvalue weighted by Gasteiger charge is 2.53. The molecule has 2 aliphatic rings. The van der Waals surface area contributed by atoms with E-state index in [1.807, 2.05) is 6.92 Å². The number of aliphatic carboxylic acids is 1. The fourth-order valence-electron chi connectivity index (χ4n) is 3.76. The Balaban J connectivity index is 2.29. The van der Waals surface area contributed by atoms with Crippen molar-refractivity contribution in [1.29, 1.82) is 0 Å². The van der Waals surface area contributed by atoms with Crippen molar-refractivity contribution >= 4 is 11.9 Å². The van der Waals surface area contributed by atoms with Crippen LogP contribution in [0.4, 0.5) is 0 Å². The first kappa shape index (κ1) is 14.3. The van der Waals surface area contributed by atoms with E-state index in [4.69, 9.17) is 5.73 Å². The quantitative estimate of drug-likeness (QED) is 0.806. The Bertz CT molecular complexity index is 377. The van der Waals surface area contributed by atoms with Crippen LogP contribution in [0.1, 0.15) is 51.9 Å². The maximum Gasteiger partial charge on any atom is 0.329 e. The number of rotatable bonds is 4. The average molecular weight is 268 g/mol. The van der Waals surface area contributed by atoms with Crippen LogP contribution in [-0.2, 0) is 9.59 Å². The second-order valence-corrected chi connectivity index (χ2v) is 5.94. The molecule has 1 saturated heterocycles. The number of nitrogens with two attached hydrogens (primary N) is 1. The second kappa shape index (κ2) is 5.12. The van der Waals surface area contributed by atoms with Crippen LogP contribution in [0, 0.1) is 5.41 Å². The molecule has 1 aliphatic heterocycles.